The van der Waals surface area contributed by atoms with Gasteiger partial charge in [0, 0.05) is 36.2 Å². The van der Waals surface area contributed by atoms with E-state index in [1.165, 1.54) is 60.4 Å². The van der Waals surface area contributed by atoms with Crippen LogP contribution in [-0.2, 0) is 17.9 Å². The number of likely N-dealkylation sites (tertiary alicyclic amines) is 1. The normalized spacial score (nSPS) is 24.3. The minimum atomic E-state index is -0.127. The number of hydrogen-bond donors (Lipinski definition) is 0. The van der Waals surface area contributed by atoms with Gasteiger partial charge in [0.25, 0.3) is 0 Å². The summed E-state index contributed by atoms with van der Waals surface area (Å²) in [4.78, 5) is 22.5. The Morgan fingerprint density at radius 2 is 1.90 bits per heavy atom. The maximum absolute atomic E-state index is 13.2. The fourth-order valence-corrected chi connectivity index (χ4v) is 6.87. The third-order valence-electron chi connectivity index (χ3n) is 6.80. The molecule has 6 heteroatoms. The maximum Gasteiger partial charge on any atom is 0.238 e. The lowest BCUT2D eigenvalue weighted by molar-refractivity contribution is -0.129. The highest BCUT2D eigenvalue weighted by Gasteiger charge is 2.45. The molecule has 1 amide bonds. The summed E-state index contributed by atoms with van der Waals surface area (Å²) in [6, 6.07) is 4.56. The van der Waals surface area contributed by atoms with Gasteiger partial charge in [0.15, 0.2) is 0 Å². The van der Waals surface area contributed by atoms with Gasteiger partial charge in [0.1, 0.15) is 10.3 Å². The van der Waals surface area contributed by atoms with Crippen molar-refractivity contribution in [3.8, 4) is 0 Å². The smallest absolute Gasteiger partial charge is 0.238 e. The minimum Gasteiger partial charge on any atom is -0.339 e. The van der Waals surface area contributed by atoms with Crippen molar-refractivity contribution >= 4 is 17.7 Å². The van der Waals surface area contributed by atoms with Crippen LogP contribution < -0.4 is 0 Å². The van der Waals surface area contributed by atoms with Crippen molar-refractivity contribution in [2.24, 2.45) is 0 Å². The van der Waals surface area contributed by atoms with Crippen LogP contribution in [0.4, 0.5) is 0 Å². The standard InChI is InChI=1S/C23H30N4OS/c1-14-10-15(2)24-22-19(14)20-21(29-22)23(28)25(4)13-18-11-17(16(3)27(18)20)12-26-8-6-5-7-9-26/h10-11,20-21H,5-9,12-13H2,1-4H3. The van der Waals surface area contributed by atoms with Crippen molar-refractivity contribution in [1.29, 1.82) is 0 Å². The Morgan fingerprint density at radius 1 is 1.14 bits per heavy atom. The highest BCUT2D eigenvalue weighted by molar-refractivity contribution is 8.01. The molecule has 2 atom stereocenters. The molecule has 0 saturated carbocycles. The number of carbonyl (C=O) groups excluding carboxylic acids is 1. The van der Waals surface area contributed by atoms with E-state index in [4.69, 9.17) is 4.98 Å². The molecule has 2 aromatic heterocycles. The minimum absolute atomic E-state index is 0.0469. The van der Waals surface area contributed by atoms with Gasteiger partial charge in [-0.25, -0.2) is 4.98 Å². The molecule has 154 valence electrons. The van der Waals surface area contributed by atoms with Crippen LogP contribution in [-0.4, -0.2) is 50.6 Å². The second-order valence-electron chi connectivity index (χ2n) is 8.93. The van der Waals surface area contributed by atoms with Crippen molar-refractivity contribution < 1.29 is 4.79 Å². The van der Waals surface area contributed by atoms with E-state index in [0.29, 0.717) is 6.54 Å². The molecular weight excluding hydrogens is 380 g/mol. The zero-order chi connectivity index (χ0) is 20.3. The topological polar surface area (TPSA) is 41.4 Å². The summed E-state index contributed by atoms with van der Waals surface area (Å²) >= 11 is 1.66. The van der Waals surface area contributed by atoms with Crippen molar-refractivity contribution in [2.45, 2.75) is 69.4 Å². The third-order valence-corrected chi connectivity index (χ3v) is 8.04. The van der Waals surface area contributed by atoms with Gasteiger partial charge in [-0.15, -0.1) is 0 Å². The number of thioether (sulfide) groups is 1. The van der Waals surface area contributed by atoms with Crippen molar-refractivity contribution in [2.75, 3.05) is 20.1 Å². The molecule has 3 aliphatic rings. The Bertz CT molecular complexity index is 976. The molecule has 29 heavy (non-hydrogen) atoms. The first-order valence-electron chi connectivity index (χ1n) is 10.8. The molecule has 0 bridgehead atoms. The lowest BCUT2D eigenvalue weighted by atomic mass is 9.99. The Hall–Kier alpha value is -1.79. The fourth-order valence-electron chi connectivity index (χ4n) is 5.36. The zero-order valence-electron chi connectivity index (χ0n) is 17.9. The number of amides is 1. The number of aryl methyl sites for hydroxylation is 2. The molecule has 1 saturated heterocycles. The summed E-state index contributed by atoms with van der Waals surface area (Å²) in [5.41, 5.74) is 7.52. The molecule has 0 N–H and O–H groups in total. The Balaban J connectivity index is 1.61. The first kappa shape index (κ1) is 19.2. The molecule has 0 spiro atoms. The first-order chi connectivity index (χ1) is 13.9. The molecule has 5 nitrogen and oxygen atoms in total. The summed E-state index contributed by atoms with van der Waals surface area (Å²) in [6.45, 7) is 10.6. The van der Waals surface area contributed by atoms with Gasteiger partial charge in [0.05, 0.1) is 12.6 Å². The van der Waals surface area contributed by atoms with E-state index >= 15 is 0 Å². The van der Waals surface area contributed by atoms with E-state index < -0.39 is 0 Å². The molecule has 3 aliphatic heterocycles. The first-order valence-corrected chi connectivity index (χ1v) is 11.6. The van der Waals surface area contributed by atoms with E-state index in [-0.39, 0.29) is 17.2 Å². The summed E-state index contributed by atoms with van der Waals surface area (Å²) in [6.07, 6.45) is 3.98. The summed E-state index contributed by atoms with van der Waals surface area (Å²) in [7, 11) is 1.94. The number of nitrogens with zero attached hydrogens (tertiary/aromatic N) is 4. The van der Waals surface area contributed by atoms with Crippen LogP contribution in [0.2, 0.25) is 0 Å². The number of aromatic nitrogens is 2. The predicted octanol–water partition coefficient (Wildman–Crippen LogP) is 3.83. The highest BCUT2D eigenvalue weighted by atomic mass is 32.2. The number of pyridine rings is 1. The second kappa shape index (κ2) is 7.17. The molecule has 0 aliphatic carbocycles. The Labute approximate surface area is 177 Å². The lowest BCUT2D eigenvalue weighted by Crippen LogP contribution is -2.34. The van der Waals surface area contributed by atoms with Crippen LogP contribution >= 0.6 is 11.8 Å². The van der Waals surface area contributed by atoms with Crippen molar-refractivity contribution in [1.82, 2.24) is 19.4 Å². The molecule has 5 rings (SSSR count). The van der Waals surface area contributed by atoms with E-state index in [1.54, 1.807) is 11.8 Å². The average molecular weight is 411 g/mol. The lowest BCUT2D eigenvalue weighted by Gasteiger charge is -2.27. The van der Waals surface area contributed by atoms with Gasteiger partial charge >= 0.3 is 0 Å². The fraction of sp³-hybridized carbons (Fsp3) is 0.565. The second-order valence-corrected chi connectivity index (χ2v) is 10.1. The third kappa shape index (κ3) is 3.12. The van der Waals surface area contributed by atoms with Gasteiger partial charge in [-0.05, 0) is 70.0 Å². The summed E-state index contributed by atoms with van der Waals surface area (Å²) in [5, 5.41) is 0.913. The van der Waals surface area contributed by atoms with Gasteiger partial charge in [0.2, 0.25) is 5.91 Å². The SMILES string of the molecule is Cc1cc(C)c2c(n1)SC1C(=O)N(C)Cc3cc(CN4CCCCC4)c(C)n3C21. The van der Waals surface area contributed by atoms with Crippen LogP contribution in [0.1, 0.15) is 59.1 Å². The molecular formula is C23H30N4OS. The van der Waals surface area contributed by atoms with E-state index in [2.05, 4.69) is 35.4 Å². The van der Waals surface area contributed by atoms with Gasteiger partial charge in [-0.1, -0.05) is 18.2 Å². The summed E-state index contributed by atoms with van der Waals surface area (Å²) in [5.74, 6) is 0.218. The van der Waals surface area contributed by atoms with Gasteiger partial charge < -0.3 is 9.47 Å². The largest absolute Gasteiger partial charge is 0.339 e. The molecule has 5 heterocycles. The molecule has 0 aromatic carbocycles. The van der Waals surface area contributed by atoms with Crippen LogP contribution in [0.15, 0.2) is 17.2 Å². The molecule has 2 unspecified atom stereocenters. The Kier molecular flexibility index (Phi) is 4.74. The molecule has 2 aromatic rings. The van der Waals surface area contributed by atoms with E-state index in [0.717, 1.165) is 17.3 Å². The number of hydrogen-bond acceptors (Lipinski definition) is 4. The van der Waals surface area contributed by atoms with Crippen molar-refractivity contribution in [3.05, 3.63) is 45.9 Å². The molecule has 0 radical (unpaired) electrons. The van der Waals surface area contributed by atoms with Crippen LogP contribution in [0.5, 0.6) is 0 Å². The van der Waals surface area contributed by atoms with Crippen LogP contribution in [0, 0.1) is 20.8 Å². The summed E-state index contributed by atoms with van der Waals surface area (Å²) < 4.78 is 2.47. The van der Waals surface area contributed by atoms with Crippen LogP contribution in [0.3, 0.4) is 0 Å². The monoisotopic (exact) mass is 410 g/mol. The zero-order valence-corrected chi connectivity index (χ0v) is 18.7. The van der Waals surface area contributed by atoms with E-state index in [1.807, 2.05) is 18.9 Å². The molecule has 1 fully saturated rings. The van der Waals surface area contributed by atoms with Crippen molar-refractivity contribution in [3.63, 3.8) is 0 Å². The Morgan fingerprint density at radius 3 is 2.66 bits per heavy atom. The number of rotatable bonds is 2. The van der Waals surface area contributed by atoms with Gasteiger partial charge in [-0.2, -0.15) is 0 Å². The van der Waals surface area contributed by atoms with E-state index in [9.17, 15) is 4.79 Å². The number of fused-ring (bicyclic) bond motifs is 5. The maximum atomic E-state index is 13.2. The number of piperidine rings is 1. The van der Waals surface area contributed by atoms with Gasteiger partial charge in [-0.3, -0.25) is 9.69 Å². The van der Waals surface area contributed by atoms with Crippen LogP contribution in [0.25, 0.3) is 0 Å². The highest BCUT2D eigenvalue weighted by Crippen LogP contribution is 2.50. The number of carbonyl (C=O) groups is 1. The predicted molar refractivity (Wildman–Crippen MR) is 116 cm³/mol. The quantitative estimate of drug-likeness (QED) is 0.755. The average Bonchev–Trinajstić information content (AvgIpc) is 3.16.